The van der Waals surface area contributed by atoms with Crippen LogP contribution in [-0.2, 0) is 9.59 Å². The van der Waals surface area contributed by atoms with Gasteiger partial charge in [-0.1, -0.05) is 12.1 Å². The minimum absolute atomic E-state index is 0.0712. The van der Waals surface area contributed by atoms with Crippen LogP contribution in [0.4, 0.5) is 5.69 Å². The lowest BCUT2D eigenvalue weighted by Gasteiger charge is -2.38. The maximum Gasteiger partial charge on any atom is 0.248 e. The van der Waals surface area contributed by atoms with Crippen molar-refractivity contribution in [2.75, 3.05) is 12.0 Å². The first kappa shape index (κ1) is 18.9. The van der Waals surface area contributed by atoms with E-state index in [2.05, 4.69) is 0 Å². The topological polar surface area (TPSA) is 89.7 Å². The molecule has 148 valence electrons. The summed E-state index contributed by atoms with van der Waals surface area (Å²) in [6.07, 6.45) is 2.06. The number of ketones is 1. The van der Waals surface area contributed by atoms with Crippen LogP contribution in [0, 0.1) is 0 Å². The molecule has 29 heavy (non-hydrogen) atoms. The van der Waals surface area contributed by atoms with Crippen LogP contribution in [0.3, 0.4) is 0 Å². The van der Waals surface area contributed by atoms with Crippen LogP contribution in [0.2, 0.25) is 0 Å². The fourth-order valence-corrected chi connectivity index (χ4v) is 4.21. The van der Waals surface area contributed by atoms with Crippen LogP contribution in [0.5, 0.6) is 5.75 Å². The Labute approximate surface area is 168 Å². The van der Waals surface area contributed by atoms with Crippen molar-refractivity contribution in [1.82, 2.24) is 0 Å². The van der Waals surface area contributed by atoms with Crippen LogP contribution < -0.4 is 15.4 Å². The second-order valence-corrected chi connectivity index (χ2v) is 7.31. The van der Waals surface area contributed by atoms with Gasteiger partial charge < -0.3 is 10.5 Å². The predicted octanol–water partition coefficient (Wildman–Crippen LogP) is 3.32. The van der Waals surface area contributed by atoms with E-state index in [1.54, 1.807) is 36.3 Å². The molecule has 2 aromatic rings. The molecule has 1 heterocycles. The Morgan fingerprint density at radius 1 is 1.10 bits per heavy atom. The molecule has 2 amide bonds. The van der Waals surface area contributed by atoms with Gasteiger partial charge in [0.15, 0.2) is 5.78 Å². The minimum Gasteiger partial charge on any atom is -0.497 e. The second-order valence-electron chi connectivity index (χ2n) is 7.31. The summed E-state index contributed by atoms with van der Waals surface area (Å²) in [4.78, 5) is 39.1. The first-order chi connectivity index (χ1) is 14.0. The number of amides is 2. The summed E-state index contributed by atoms with van der Waals surface area (Å²) < 4.78 is 5.32. The zero-order valence-corrected chi connectivity index (χ0v) is 16.2. The molecule has 2 aromatic carbocycles. The number of ether oxygens (including phenoxy) is 1. The van der Waals surface area contributed by atoms with Gasteiger partial charge in [-0.15, -0.1) is 0 Å². The van der Waals surface area contributed by atoms with Gasteiger partial charge in [-0.05, 0) is 54.8 Å². The number of benzene rings is 2. The molecule has 0 bridgehead atoms. The van der Waals surface area contributed by atoms with Gasteiger partial charge in [-0.3, -0.25) is 19.3 Å². The molecule has 0 radical (unpaired) electrons. The molecule has 1 aliphatic heterocycles. The lowest BCUT2D eigenvalue weighted by Crippen LogP contribution is -2.40. The van der Waals surface area contributed by atoms with E-state index in [0.717, 1.165) is 11.3 Å². The summed E-state index contributed by atoms with van der Waals surface area (Å²) in [5, 5.41) is 0. The molecule has 6 heteroatoms. The smallest absolute Gasteiger partial charge is 0.248 e. The van der Waals surface area contributed by atoms with E-state index < -0.39 is 5.91 Å². The van der Waals surface area contributed by atoms with Crippen LogP contribution in [0.25, 0.3) is 0 Å². The molecule has 0 spiro atoms. The number of allylic oxidation sites excluding steroid dienone is 2. The summed E-state index contributed by atoms with van der Waals surface area (Å²) >= 11 is 0. The number of hydrogen-bond acceptors (Lipinski definition) is 4. The lowest BCUT2D eigenvalue weighted by atomic mass is 9.77. The fraction of sp³-hybridized carbons (Fsp3) is 0.261. The van der Waals surface area contributed by atoms with E-state index in [1.807, 2.05) is 24.3 Å². The molecule has 2 N–H and O–H groups in total. The molecule has 0 saturated heterocycles. The largest absolute Gasteiger partial charge is 0.497 e. The van der Waals surface area contributed by atoms with Crippen molar-refractivity contribution in [2.24, 2.45) is 5.73 Å². The van der Waals surface area contributed by atoms with Gasteiger partial charge in [0.25, 0.3) is 0 Å². The third-order valence-electron chi connectivity index (χ3n) is 5.58. The average molecular weight is 390 g/mol. The Kier molecular flexibility index (Phi) is 4.92. The summed E-state index contributed by atoms with van der Waals surface area (Å²) in [6, 6.07) is 14.2. The SMILES string of the molecule is COc1cccc(C2CC(=O)N(c3ccc(C(N)=O)cc3)C3=C2C(=O)CCC3)c1. The van der Waals surface area contributed by atoms with Crippen molar-refractivity contribution in [2.45, 2.75) is 31.6 Å². The summed E-state index contributed by atoms with van der Waals surface area (Å²) in [5.41, 5.74) is 8.72. The second kappa shape index (κ2) is 7.54. The highest BCUT2D eigenvalue weighted by atomic mass is 16.5. The fourth-order valence-electron chi connectivity index (χ4n) is 4.21. The summed E-state index contributed by atoms with van der Waals surface area (Å²) in [5.74, 6) is -0.0813. The maximum absolute atomic E-state index is 13.2. The normalized spacial score (nSPS) is 19.2. The van der Waals surface area contributed by atoms with Crippen molar-refractivity contribution >= 4 is 23.3 Å². The van der Waals surface area contributed by atoms with Gasteiger partial charge in [0.05, 0.1) is 7.11 Å². The zero-order valence-electron chi connectivity index (χ0n) is 16.2. The van der Waals surface area contributed by atoms with E-state index in [1.165, 1.54) is 0 Å². The number of hydrogen-bond donors (Lipinski definition) is 1. The summed E-state index contributed by atoms with van der Waals surface area (Å²) in [7, 11) is 1.60. The first-order valence-corrected chi connectivity index (χ1v) is 9.62. The molecule has 1 aliphatic carbocycles. The van der Waals surface area contributed by atoms with E-state index in [9.17, 15) is 14.4 Å². The Morgan fingerprint density at radius 3 is 2.55 bits per heavy atom. The third kappa shape index (κ3) is 3.42. The van der Waals surface area contributed by atoms with Crippen molar-refractivity contribution in [3.63, 3.8) is 0 Å². The Balaban J connectivity index is 1.81. The number of anilines is 1. The third-order valence-corrected chi connectivity index (χ3v) is 5.58. The van der Waals surface area contributed by atoms with E-state index in [0.29, 0.717) is 41.8 Å². The van der Waals surface area contributed by atoms with Crippen molar-refractivity contribution < 1.29 is 19.1 Å². The monoisotopic (exact) mass is 390 g/mol. The quantitative estimate of drug-likeness (QED) is 0.867. The lowest BCUT2D eigenvalue weighted by molar-refractivity contribution is -0.119. The average Bonchev–Trinajstić information content (AvgIpc) is 2.73. The number of Topliss-reactive ketones (excluding diaryl/α,β-unsaturated/α-hetero) is 1. The molecule has 6 nitrogen and oxygen atoms in total. The van der Waals surface area contributed by atoms with Crippen molar-refractivity contribution in [1.29, 1.82) is 0 Å². The van der Waals surface area contributed by atoms with Crippen LogP contribution in [-0.4, -0.2) is 24.7 Å². The Hall–Kier alpha value is -3.41. The van der Waals surface area contributed by atoms with Gasteiger partial charge in [0.1, 0.15) is 5.75 Å². The van der Waals surface area contributed by atoms with Gasteiger partial charge in [-0.25, -0.2) is 0 Å². The van der Waals surface area contributed by atoms with Crippen LogP contribution in [0.1, 0.15) is 47.5 Å². The van der Waals surface area contributed by atoms with Crippen molar-refractivity contribution in [3.05, 3.63) is 70.9 Å². The van der Waals surface area contributed by atoms with E-state index >= 15 is 0 Å². The minimum atomic E-state index is -0.521. The molecule has 0 saturated carbocycles. The maximum atomic E-state index is 13.2. The number of nitrogens with zero attached hydrogens (tertiary/aromatic N) is 1. The number of carbonyl (C=O) groups excluding carboxylic acids is 3. The number of carbonyl (C=O) groups is 3. The molecule has 1 unspecified atom stereocenters. The van der Waals surface area contributed by atoms with Crippen molar-refractivity contribution in [3.8, 4) is 5.75 Å². The molecular weight excluding hydrogens is 368 g/mol. The number of primary amides is 1. The first-order valence-electron chi connectivity index (χ1n) is 9.62. The predicted molar refractivity (Wildman–Crippen MR) is 109 cm³/mol. The van der Waals surface area contributed by atoms with E-state index in [4.69, 9.17) is 10.5 Å². The number of nitrogens with two attached hydrogens (primary N) is 1. The van der Waals surface area contributed by atoms with Gasteiger partial charge in [-0.2, -0.15) is 0 Å². The highest BCUT2D eigenvalue weighted by Crippen LogP contribution is 2.43. The highest BCUT2D eigenvalue weighted by Gasteiger charge is 2.39. The highest BCUT2D eigenvalue weighted by molar-refractivity contribution is 6.07. The van der Waals surface area contributed by atoms with Gasteiger partial charge >= 0.3 is 0 Å². The molecule has 2 aliphatic rings. The van der Waals surface area contributed by atoms with Crippen LogP contribution in [0.15, 0.2) is 59.8 Å². The number of rotatable bonds is 4. The molecular formula is C23H22N2O4. The molecule has 1 atom stereocenters. The Morgan fingerprint density at radius 2 is 1.86 bits per heavy atom. The summed E-state index contributed by atoms with van der Waals surface area (Å²) in [6.45, 7) is 0. The molecule has 0 fully saturated rings. The van der Waals surface area contributed by atoms with Crippen LogP contribution >= 0.6 is 0 Å². The molecule has 4 rings (SSSR count). The molecule has 0 aromatic heterocycles. The van der Waals surface area contributed by atoms with Gasteiger partial charge in [0, 0.05) is 41.3 Å². The van der Waals surface area contributed by atoms with E-state index in [-0.39, 0.29) is 24.0 Å². The van der Waals surface area contributed by atoms with Gasteiger partial charge in [0.2, 0.25) is 11.8 Å². The standard InChI is InChI=1S/C23H22N2O4/c1-29-17-5-2-4-15(12-17)18-13-21(27)25(19-6-3-7-20(26)22(18)19)16-10-8-14(9-11-16)23(24)28/h2,4-5,8-12,18H,3,6-7,13H2,1H3,(H2,24,28). The zero-order chi connectivity index (χ0) is 20.5. The number of methoxy groups -OCH3 is 1. The Bertz CT molecular complexity index is 1020.